The standard InChI is InChI=1S/C16H13BrN2O/c17-13-6-2-3-7-14(13)18-16(20)11-19-10-9-12-5-1-4-8-15(12)19/h1-10H,11H2,(H,18,20). The summed E-state index contributed by atoms with van der Waals surface area (Å²) in [6.07, 6.45) is 1.93. The van der Waals surface area contributed by atoms with E-state index in [0.29, 0.717) is 6.54 Å². The molecule has 1 N–H and O–H groups in total. The molecule has 0 spiro atoms. The second-order valence-corrected chi connectivity index (χ2v) is 5.38. The quantitative estimate of drug-likeness (QED) is 0.773. The van der Waals surface area contributed by atoms with Crippen LogP contribution in [0.15, 0.2) is 65.3 Å². The molecule has 3 rings (SSSR count). The minimum atomic E-state index is -0.0433. The molecule has 20 heavy (non-hydrogen) atoms. The molecule has 0 atom stereocenters. The molecule has 0 fully saturated rings. The summed E-state index contributed by atoms with van der Waals surface area (Å²) in [7, 11) is 0. The third-order valence-corrected chi connectivity index (χ3v) is 3.83. The summed E-state index contributed by atoms with van der Waals surface area (Å²) < 4.78 is 2.83. The summed E-state index contributed by atoms with van der Waals surface area (Å²) in [5, 5.41) is 4.05. The molecule has 1 heterocycles. The molecule has 3 nitrogen and oxygen atoms in total. The Morgan fingerprint density at radius 3 is 2.65 bits per heavy atom. The zero-order valence-electron chi connectivity index (χ0n) is 10.7. The van der Waals surface area contributed by atoms with Crippen LogP contribution in [0.4, 0.5) is 5.69 Å². The molecular formula is C16H13BrN2O. The van der Waals surface area contributed by atoms with Gasteiger partial charge in [0.05, 0.1) is 5.69 Å². The fraction of sp³-hybridized carbons (Fsp3) is 0.0625. The van der Waals surface area contributed by atoms with E-state index in [9.17, 15) is 4.79 Å². The molecule has 3 aromatic rings. The Morgan fingerprint density at radius 1 is 1.05 bits per heavy atom. The first-order valence-corrected chi connectivity index (χ1v) is 7.11. The predicted octanol–water partition coefficient (Wildman–Crippen LogP) is 4.04. The van der Waals surface area contributed by atoms with Gasteiger partial charge in [-0.15, -0.1) is 0 Å². The first kappa shape index (κ1) is 12.9. The van der Waals surface area contributed by atoms with E-state index in [1.54, 1.807) is 0 Å². The zero-order valence-corrected chi connectivity index (χ0v) is 12.3. The first-order chi connectivity index (χ1) is 9.74. The van der Waals surface area contributed by atoms with Crippen molar-refractivity contribution in [1.29, 1.82) is 0 Å². The smallest absolute Gasteiger partial charge is 0.244 e. The average Bonchev–Trinajstić information content (AvgIpc) is 2.85. The number of carbonyl (C=O) groups excluding carboxylic acids is 1. The van der Waals surface area contributed by atoms with Crippen LogP contribution in [0.5, 0.6) is 0 Å². The molecule has 2 aromatic carbocycles. The number of hydrogen-bond acceptors (Lipinski definition) is 1. The van der Waals surface area contributed by atoms with E-state index in [1.807, 2.05) is 65.4 Å². The highest BCUT2D eigenvalue weighted by molar-refractivity contribution is 9.10. The number of nitrogens with one attached hydrogen (secondary N) is 1. The van der Waals surface area contributed by atoms with Crippen molar-refractivity contribution < 1.29 is 4.79 Å². The molecule has 1 amide bonds. The van der Waals surface area contributed by atoms with Gasteiger partial charge < -0.3 is 9.88 Å². The Kier molecular flexibility index (Phi) is 3.56. The van der Waals surface area contributed by atoms with Gasteiger partial charge in [0.25, 0.3) is 0 Å². The van der Waals surface area contributed by atoms with Gasteiger partial charge >= 0.3 is 0 Å². The number of carbonyl (C=O) groups is 1. The minimum absolute atomic E-state index is 0.0433. The molecule has 0 aliphatic carbocycles. The third kappa shape index (κ3) is 2.60. The highest BCUT2D eigenvalue weighted by atomic mass is 79.9. The number of nitrogens with zero attached hydrogens (tertiary/aromatic N) is 1. The van der Waals surface area contributed by atoms with Crippen LogP contribution < -0.4 is 5.32 Å². The second-order valence-electron chi connectivity index (χ2n) is 4.53. The summed E-state index contributed by atoms with van der Waals surface area (Å²) in [6, 6.07) is 17.6. The van der Waals surface area contributed by atoms with Gasteiger partial charge in [0.1, 0.15) is 6.54 Å². The molecule has 100 valence electrons. The van der Waals surface area contributed by atoms with Crippen molar-refractivity contribution in [2.24, 2.45) is 0 Å². The molecule has 0 bridgehead atoms. The Balaban J connectivity index is 1.78. The number of anilines is 1. The summed E-state index contributed by atoms with van der Waals surface area (Å²) in [4.78, 5) is 12.1. The maximum atomic E-state index is 12.1. The van der Waals surface area contributed by atoms with Crippen molar-refractivity contribution >= 4 is 38.4 Å². The van der Waals surface area contributed by atoms with Crippen molar-refractivity contribution in [2.45, 2.75) is 6.54 Å². The van der Waals surface area contributed by atoms with Gasteiger partial charge in [-0.1, -0.05) is 30.3 Å². The van der Waals surface area contributed by atoms with Crippen LogP contribution in [0, 0.1) is 0 Å². The highest BCUT2D eigenvalue weighted by Crippen LogP contribution is 2.21. The van der Waals surface area contributed by atoms with Gasteiger partial charge in [0.2, 0.25) is 5.91 Å². The first-order valence-electron chi connectivity index (χ1n) is 6.32. The molecule has 0 unspecified atom stereocenters. The Labute approximate surface area is 125 Å². The van der Waals surface area contributed by atoms with E-state index in [1.165, 1.54) is 0 Å². The van der Waals surface area contributed by atoms with Crippen molar-refractivity contribution in [3.63, 3.8) is 0 Å². The van der Waals surface area contributed by atoms with Gasteiger partial charge in [-0.2, -0.15) is 0 Å². The van der Waals surface area contributed by atoms with Gasteiger partial charge in [-0.25, -0.2) is 0 Å². The molecule has 0 aliphatic rings. The number of benzene rings is 2. The molecule has 0 aliphatic heterocycles. The lowest BCUT2D eigenvalue weighted by molar-refractivity contribution is -0.116. The molecular weight excluding hydrogens is 316 g/mol. The van der Waals surface area contributed by atoms with E-state index in [4.69, 9.17) is 0 Å². The summed E-state index contributed by atoms with van der Waals surface area (Å²) >= 11 is 3.42. The van der Waals surface area contributed by atoms with E-state index in [0.717, 1.165) is 21.1 Å². The van der Waals surface area contributed by atoms with E-state index in [-0.39, 0.29) is 5.91 Å². The van der Waals surface area contributed by atoms with Crippen molar-refractivity contribution in [1.82, 2.24) is 4.57 Å². The summed E-state index contributed by atoms with van der Waals surface area (Å²) in [6.45, 7) is 0.300. The number of aromatic nitrogens is 1. The zero-order chi connectivity index (χ0) is 13.9. The minimum Gasteiger partial charge on any atom is -0.338 e. The average molecular weight is 329 g/mol. The highest BCUT2D eigenvalue weighted by Gasteiger charge is 2.07. The second kappa shape index (κ2) is 5.51. The van der Waals surface area contributed by atoms with Crippen LogP contribution in [0.25, 0.3) is 10.9 Å². The van der Waals surface area contributed by atoms with E-state index >= 15 is 0 Å². The van der Waals surface area contributed by atoms with Crippen molar-refractivity contribution in [3.8, 4) is 0 Å². The third-order valence-electron chi connectivity index (χ3n) is 3.14. The molecule has 0 saturated heterocycles. The lowest BCUT2D eigenvalue weighted by Gasteiger charge is -2.08. The summed E-state index contributed by atoms with van der Waals surface area (Å²) in [5.74, 6) is -0.0433. The van der Waals surface area contributed by atoms with Gasteiger partial charge in [-0.3, -0.25) is 4.79 Å². The fourth-order valence-corrected chi connectivity index (χ4v) is 2.57. The van der Waals surface area contributed by atoms with Crippen LogP contribution >= 0.6 is 15.9 Å². The lowest BCUT2D eigenvalue weighted by Crippen LogP contribution is -2.18. The largest absolute Gasteiger partial charge is 0.338 e. The maximum Gasteiger partial charge on any atom is 0.244 e. The predicted molar refractivity (Wildman–Crippen MR) is 84.7 cm³/mol. The number of hydrogen-bond donors (Lipinski definition) is 1. The van der Waals surface area contributed by atoms with Crippen molar-refractivity contribution in [3.05, 3.63) is 65.3 Å². The number of amides is 1. The van der Waals surface area contributed by atoms with Crippen LogP contribution in [-0.4, -0.2) is 10.5 Å². The van der Waals surface area contributed by atoms with Gasteiger partial charge in [0.15, 0.2) is 0 Å². The van der Waals surface area contributed by atoms with Crippen LogP contribution in [0.1, 0.15) is 0 Å². The van der Waals surface area contributed by atoms with E-state index < -0.39 is 0 Å². The van der Waals surface area contributed by atoms with Crippen LogP contribution in [0.3, 0.4) is 0 Å². The normalized spacial score (nSPS) is 10.7. The van der Waals surface area contributed by atoms with Gasteiger partial charge in [-0.05, 0) is 45.6 Å². The molecule has 0 saturated carbocycles. The molecule has 1 aromatic heterocycles. The molecule has 0 radical (unpaired) electrons. The lowest BCUT2D eigenvalue weighted by atomic mass is 10.2. The monoisotopic (exact) mass is 328 g/mol. The van der Waals surface area contributed by atoms with Crippen LogP contribution in [-0.2, 0) is 11.3 Å². The topological polar surface area (TPSA) is 34.0 Å². The summed E-state index contributed by atoms with van der Waals surface area (Å²) in [5.41, 5.74) is 1.85. The van der Waals surface area contributed by atoms with E-state index in [2.05, 4.69) is 21.2 Å². The fourth-order valence-electron chi connectivity index (χ4n) is 2.19. The number of fused-ring (bicyclic) bond motifs is 1. The number of halogens is 1. The maximum absolute atomic E-state index is 12.1. The Bertz CT molecular complexity index is 764. The Morgan fingerprint density at radius 2 is 1.80 bits per heavy atom. The molecule has 4 heteroatoms. The van der Waals surface area contributed by atoms with Crippen molar-refractivity contribution in [2.75, 3.05) is 5.32 Å². The van der Waals surface area contributed by atoms with Gasteiger partial charge in [0, 0.05) is 16.2 Å². The number of para-hydroxylation sites is 2. The number of rotatable bonds is 3. The Hall–Kier alpha value is -2.07. The SMILES string of the molecule is O=C(Cn1ccc2ccccc21)Nc1ccccc1Br. The van der Waals surface area contributed by atoms with Crippen LogP contribution in [0.2, 0.25) is 0 Å².